The molecule has 1 aromatic heterocycles. The smallest absolute Gasteiger partial charge is 0.208 e. The molecular formula is C23H29FN4O3. The second kappa shape index (κ2) is 8.42. The van der Waals surface area contributed by atoms with Gasteiger partial charge in [0.1, 0.15) is 24.0 Å². The summed E-state index contributed by atoms with van der Waals surface area (Å²) in [7, 11) is 0. The summed E-state index contributed by atoms with van der Waals surface area (Å²) in [5.41, 5.74) is 0.306. The van der Waals surface area contributed by atoms with Gasteiger partial charge in [-0.05, 0) is 37.5 Å². The molecule has 2 atom stereocenters. The maximum absolute atomic E-state index is 15.1. The van der Waals surface area contributed by atoms with Crippen molar-refractivity contribution in [3.63, 3.8) is 0 Å². The first-order valence-electron chi connectivity index (χ1n) is 10.7. The van der Waals surface area contributed by atoms with Crippen LogP contribution in [0.2, 0.25) is 0 Å². The molecule has 166 valence electrons. The molecule has 2 aromatic rings. The van der Waals surface area contributed by atoms with Crippen molar-refractivity contribution in [3.8, 4) is 5.75 Å². The lowest BCUT2D eigenvalue weighted by atomic mass is 9.96. The number of carbonyl (C=O) groups is 1. The van der Waals surface area contributed by atoms with Gasteiger partial charge in [0.2, 0.25) is 5.82 Å². The minimum atomic E-state index is -0.802. The highest BCUT2D eigenvalue weighted by atomic mass is 19.1. The van der Waals surface area contributed by atoms with E-state index < -0.39 is 11.4 Å². The van der Waals surface area contributed by atoms with E-state index in [9.17, 15) is 9.90 Å². The Balaban J connectivity index is 1.37. The van der Waals surface area contributed by atoms with Crippen molar-refractivity contribution in [2.75, 3.05) is 36.0 Å². The van der Waals surface area contributed by atoms with Crippen molar-refractivity contribution in [1.82, 2.24) is 9.97 Å². The maximum atomic E-state index is 15.1. The molecule has 0 amide bonds. The van der Waals surface area contributed by atoms with Crippen LogP contribution in [0.5, 0.6) is 5.75 Å². The average molecular weight is 429 g/mol. The van der Waals surface area contributed by atoms with E-state index in [-0.39, 0.29) is 29.4 Å². The molecule has 2 saturated heterocycles. The third-order valence-corrected chi connectivity index (χ3v) is 5.91. The van der Waals surface area contributed by atoms with Gasteiger partial charge in [0.05, 0.1) is 12.1 Å². The molecule has 3 heterocycles. The zero-order valence-corrected chi connectivity index (χ0v) is 18.2. The van der Waals surface area contributed by atoms with E-state index in [4.69, 9.17) is 4.74 Å². The number of rotatable bonds is 7. The molecule has 7 nitrogen and oxygen atoms in total. The average Bonchev–Trinajstić information content (AvgIpc) is 3.14. The molecule has 2 aliphatic heterocycles. The van der Waals surface area contributed by atoms with Gasteiger partial charge in [-0.25, -0.2) is 9.97 Å². The number of benzene rings is 1. The summed E-state index contributed by atoms with van der Waals surface area (Å²) in [5.74, 6) is 1.17. The number of aliphatic hydroxyl groups is 1. The molecule has 4 rings (SSSR count). The van der Waals surface area contributed by atoms with E-state index >= 15 is 4.39 Å². The van der Waals surface area contributed by atoms with Crippen LogP contribution in [0, 0.1) is 5.82 Å². The van der Waals surface area contributed by atoms with E-state index in [0.717, 1.165) is 17.7 Å². The fourth-order valence-electron chi connectivity index (χ4n) is 4.35. The monoisotopic (exact) mass is 428 g/mol. The third-order valence-electron chi connectivity index (χ3n) is 5.91. The van der Waals surface area contributed by atoms with Gasteiger partial charge in [0.15, 0.2) is 11.6 Å². The van der Waals surface area contributed by atoms with Gasteiger partial charge in [0.25, 0.3) is 0 Å². The van der Waals surface area contributed by atoms with Crippen molar-refractivity contribution in [1.29, 1.82) is 0 Å². The number of aromatic nitrogens is 2. The lowest BCUT2D eigenvalue weighted by Crippen LogP contribution is -2.60. The summed E-state index contributed by atoms with van der Waals surface area (Å²) in [5, 5.41) is 9.93. The fraction of sp³-hybridized carbons (Fsp3) is 0.522. The summed E-state index contributed by atoms with van der Waals surface area (Å²) in [6.45, 7) is 7.26. The Morgan fingerprint density at radius 1 is 1.26 bits per heavy atom. The SMILES string of the molecule is CC(=O)C[C@@H](C)c1ccc(O[C@@H]2CCN(c3ncnc(N4CC(C)(O)C4)c3F)C2)cc1. The Labute approximate surface area is 181 Å². The maximum Gasteiger partial charge on any atom is 0.208 e. The normalized spacial score (nSPS) is 21.0. The van der Waals surface area contributed by atoms with Crippen LogP contribution in [0.1, 0.15) is 45.1 Å². The number of ether oxygens (including phenoxy) is 1. The van der Waals surface area contributed by atoms with Gasteiger partial charge in [-0.15, -0.1) is 0 Å². The van der Waals surface area contributed by atoms with Crippen LogP contribution in [0.25, 0.3) is 0 Å². The number of ketones is 1. The summed E-state index contributed by atoms with van der Waals surface area (Å²) in [4.78, 5) is 23.2. The van der Waals surface area contributed by atoms with E-state index in [1.807, 2.05) is 36.1 Å². The minimum Gasteiger partial charge on any atom is -0.489 e. The van der Waals surface area contributed by atoms with Gasteiger partial charge in [0, 0.05) is 32.5 Å². The van der Waals surface area contributed by atoms with Gasteiger partial charge in [-0.3, -0.25) is 0 Å². The van der Waals surface area contributed by atoms with E-state index in [1.165, 1.54) is 6.33 Å². The highest BCUT2D eigenvalue weighted by molar-refractivity contribution is 5.76. The lowest BCUT2D eigenvalue weighted by molar-refractivity contribution is -0.117. The first-order valence-corrected chi connectivity index (χ1v) is 10.7. The first kappa shape index (κ1) is 21.5. The summed E-state index contributed by atoms with van der Waals surface area (Å²) >= 11 is 0. The van der Waals surface area contributed by atoms with Crippen LogP contribution < -0.4 is 14.5 Å². The van der Waals surface area contributed by atoms with Crippen LogP contribution in [0.15, 0.2) is 30.6 Å². The van der Waals surface area contributed by atoms with Crippen molar-refractivity contribution < 1.29 is 19.0 Å². The number of β-amino-alcohol motifs (C(OH)–C–C–N with tert-alkyl or cyclic N) is 1. The molecule has 0 bridgehead atoms. The Morgan fingerprint density at radius 2 is 1.90 bits per heavy atom. The predicted molar refractivity (Wildman–Crippen MR) is 116 cm³/mol. The molecule has 2 aliphatic rings. The molecule has 0 radical (unpaired) electrons. The molecule has 31 heavy (non-hydrogen) atoms. The van der Waals surface area contributed by atoms with Crippen LogP contribution in [0.4, 0.5) is 16.0 Å². The van der Waals surface area contributed by atoms with E-state index in [0.29, 0.717) is 32.6 Å². The molecule has 0 saturated carbocycles. The van der Waals surface area contributed by atoms with Crippen LogP contribution in [-0.4, -0.2) is 58.7 Å². The number of carbonyl (C=O) groups excluding carboxylic acids is 1. The van der Waals surface area contributed by atoms with Crippen molar-refractivity contribution >= 4 is 17.4 Å². The van der Waals surface area contributed by atoms with Crippen LogP contribution in [0.3, 0.4) is 0 Å². The number of hydrogen-bond donors (Lipinski definition) is 1. The predicted octanol–water partition coefficient (Wildman–Crippen LogP) is 2.93. The number of anilines is 2. The molecule has 0 spiro atoms. The Kier molecular flexibility index (Phi) is 5.83. The highest BCUT2D eigenvalue weighted by Crippen LogP contribution is 2.32. The lowest BCUT2D eigenvalue weighted by Gasteiger charge is -2.45. The number of Topliss-reactive ketones (excluding diaryl/α,β-unsaturated/α-hetero) is 1. The summed E-state index contributed by atoms with van der Waals surface area (Å²) in [6.07, 6.45) is 2.59. The van der Waals surface area contributed by atoms with Crippen molar-refractivity contribution in [2.45, 2.75) is 51.2 Å². The summed E-state index contributed by atoms with van der Waals surface area (Å²) in [6, 6.07) is 7.84. The molecule has 1 aromatic carbocycles. The zero-order chi connectivity index (χ0) is 22.2. The van der Waals surface area contributed by atoms with Gasteiger partial charge in [-0.1, -0.05) is 19.1 Å². The second-order valence-corrected chi connectivity index (χ2v) is 9.04. The number of halogens is 1. The van der Waals surface area contributed by atoms with Gasteiger partial charge < -0.3 is 24.4 Å². The fourth-order valence-corrected chi connectivity index (χ4v) is 4.35. The van der Waals surface area contributed by atoms with E-state index in [2.05, 4.69) is 9.97 Å². The van der Waals surface area contributed by atoms with Crippen LogP contribution >= 0.6 is 0 Å². The quantitative estimate of drug-likeness (QED) is 0.726. The molecule has 2 fully saturated rings. The highest BCUT2D eigenvalue weighted by Gasteiger charge is 2.39. The van der Waals surface area contributed by atoms with E-state index in [1.54, 1.807) is 18.7 Å². The van der Waals surface area contributed by atoms with Crippen molar-refractivity contribution in [3.05, 3.63) is 42.0 Å². The molecule has 0 aliphatic carbocycles. The standard InChI is InChI=1S/C23H29FN4O3/c1-15(10-16(2)29)17-4-6-18(7-5-17)31-19-8-9-27(11-19)21-20(24)22(26-14-25-21)28-12-23(3,30)13-28/h4-7,14-15,19,30H,8-13H2,1-3H3/t15-,19-/m1/s1. The third kappa shape index (κ3) is 4.79. The van der Waals surface area contributed by atoms with Gasteiger partial charge >= 0.3 is 0 Å². The Hall–Kier alpha value is -2.74. The van der Waals surface area contributed by atoms with Gasteiger partial charge in [-0.2, -0.15) is 4.39 Å². The largest absolute Gasteiger partial charge is 0.489 e. The first-order chi connectivity index (χ1) is 14.7. The van der Waals surface area contributed by atoms with Crippen molar-refractivity contribution in [2.24, 2.45) is 0 Å². The second-order valence-electron chi connectivity index (χ2n) is 9.04. The molecule has 1 N–H and O–H groups in total. The zero-order valence-electron chi connectivity index (χ0n) is 18.2. The van der Waals surface area contributed by atoms with Crippen LogP contribution in [-0.2, 0) is 4.79 Å². The Bertz CT molecular complexity index is 942. The topological polar surface area (TPSA) is 78.8 Å². The number of hydrogen-bond acceptors (Lipinski definition) is 7. The number of nitrogens with zero attached hydrogens (tertiary/aromatic N) is 4. The molecular weight excluding hydrogens is 399 g/mol. The Morgan fingerprint density at radius 3 is 2.52 bits per heavy atom. The molecule has 8 heteroatoms. The minimum absolute atomic E-state index is 0.0666. The molecule has 0 unspecified atom stereocenters. The summed E-state index contributed by atoms with van der Waals surface area (Å²) < 4.78 is 21.2.